The molecule has 4 rings (SSSR count). The SMILES string of the molecule is CCOc1nc(N2CCNCC2)ccc1NC(=O)c1coc2c1C(=O)NCC2. The highest BCUT2D eigenvalue weighted by Crippen LogP contribution is 2.28. The number of nitrogens with zero attached hydrogens (tertiary/aromatic N) is 2. The maximum atomic E-state index is 12.8. The van der Waals surface area contributed by atoms with Crippen molar-refractivity contribution in [2.45, 2.75) is 13.3 Å². The molecule has 28 heavy (non-hydrogen) atoms. The van der Waals surface area contributed by atoms with Gasteiger partial charge in [0.05, 0.1) is 17.7 Å². The normalized spacial score (nSPS) is 16.3. The molecule has 2 aromatic rings. The van der Waals surface area contributed by atoms with Crippen molar-refractivity contribution in [2.75, 3.05) is 49.5 Å². The number of fused-ring (bicyclic) bond motifs is 1. The van der Waals surface area contributed by atoms with Crippen molar-refractivity contribution in [2.24, 2.45) is 0 Å². The molecule has 1 saturated heterocycles. The van der Waals surface area contributed by atoms with E-state index in [2.05, 4.69) is 25.8 Å². The molecule has 9 heteroatoms. The van der Waals surface area contributed by atoms with Gasteiger partial charge in [-0.3, -0.25) is 9.59 Å². The van der Waals surface area contributed by atoms with E-state index in [9.17, 15) is 9.59 Å². The van der Waals surface area contributed by atoms with E-state index in [0.29, 0.717) is 42.5 Å². The lowest BCUT2D eigenvalue weighted by atomic mass is 10.0. The third-order valence-electron chi connectivity index (χ3n) is 4.79. The largest absolute Gasteiger partial charge is 0.476 e. The zero-order valence-electron chi connectivity index (χ0n) is 15.7. The van der Waals surface area contributed by atoms with E-state index in [1.54, 1.807) is 6.07 Å². The number of nitrogens with one attached hydrogen (secondary N) is 3. The fourth-order valence-electron chi connectivity index (χ4n) is 3.41. The number of carbonyl (C=O) groups is 2. The Bertz CT molecular complexity index is 888. The Morgan fingerprint density at radius 2 is 2.14 bits per heavy atom. The second-order valence-electron chi connectivity index (χ2n) is 6.60. The molecular formula is C19H23N5O4. The predicted molar refractivity (Wildman–Crippen MR) is 103 cm³/mol. The molecular weight excluding hydrogens is 362 g/mol. The average molecular weight is 385 g/mol. The molecule has 0 radical (unpaired) electrons. The number of anilines is 2. The van der Waals surface area contributed by atoms with Gasteiger partial charge in [0.1, 0.15) is 23.5 Å². The van der Waals surface area contributed by atoms with Crippen molar-refractivity contribution in [3.05, 3.63) is 35.3 Å². The topological polar surface area (TPSA) is 109 Å². The Kier molecular flexibility index (Phi) is 5.16. The summed E-state index contributed by atoms with van der Waals surface area (Å²) >= 11 is 0. The summed E-state index contributed by atoms with van der Waals surface area (Å²) in [7, 11) is 0. The van der Waals surface area contributed by atoms with Gasteiger partial charge in [0, 0.05) is 39.1 Å². The molecule has 9 nitrogen and oxygen atoms in total. The van der Waals surface area contributed by atoms with Crippen LogP contribution >= 0.6 is 0 Å². The Hall–Kier alpha value is -3.07. The van der Waals surface area contributed by atoms with Crippen molar-refractivity contribution < 1.29 is 18.7 Å². The van der Waals surface area contributed by atoms with E-state index in [1.807, 2.05) is 13.0 Å². The van der Waals surface area contributed by atoms with Crippen molar-refractivity contribution in [1.82, 2.24) is 15.6 Å². The average Bonchev–Trinajstić information content (AvgIpc) is 3.16. The van der Waals surface area contributed by atoms with Crippen LogP contribution in [0, 0.1) is 0 Å². The van der Waals surface area contributed by atoms with Crippen LogP contribution in [0.15, 0.2) is 22.8 Å². The Labute approximate surface area is 162 Å². The van der Waals surface area contributed by atoms with Gasteiger partial charge < -0.3 is 30.0 Å². The number of furan rings is 1. The molecule has 0 spiro atoms. The van der Waals surface area contributed by atoms with Gasteiger partial charge in [-0.1, -0.05) is 0 Å². The number of pyridine rings is 1. The van der Waals surface area contributed by atoms with E-state index in [0.717, 1.165) is 32.0 Å². The van der Waals surface area contributed by atoms with E-state index in [4.69, 9.17) is 9.15 Å². The number of carbonyl (C=O) groups excluding carboxylic acids is 2. The summed E-state index contributed by atoms with van der Waals surface area (Å²) in [5.41, 5.74) is 0.963. The number of amides is 2. The van der Waals surface area contributed by atoms with Gasteiger partial charge in [0.2, 0.25) is 5.88 Å². The molecule has 4 heterocycles. The van der Waals surface area contributed by atoms with E-state index in [1.165, 1.54) is 6.26 Å². The molecule has 2 amide bonds. The molecule has 0 aromatic carbocycles. The Morgan fingerprint density at radius 1 is 1.32 bits per heavy atom. The van der Waals surface area contributed by atoms with Gasteiger partial charge in [-0.05, 0) is 19.1 Å². The number of hydrogen-bond donors (Lipinski definition) is 3. The Morgan fingerprint density at radius 3 is 2.93 bits per heavy atom. The third kappa shape index (κ3) is 3.53. The van der Waals surface area contributed by atoms with Crippen LogP contribution in [-0.4, -0.2) is 56.1 Å². The van der Waals surface area contributed by atoms with Crippen LogP contribution in [0.5, 0.6) is 5.88 Å². The molecule has 2 aromatic heterocycles. The van der Waals surface area contributed by atoms with Gasteiger partial charge in [0.15, 0.2) is 0 Å². The number of ether oxygens (including phenoxy) is 1. The molecule has 0 bridgehead atoms. The minimum Gasteiger partial charge on any atom is -0.476 e. The van der Waals surface area contributed by atoms with Gasteiger partial charge in [0.25, 0.3) is 11.8 Å². The molecule has 0 unspecified atom stereocenters. The fourth-order valence-corrected chi connectivity index (χ4v) is 3.41. The predicted octanol–water partition coefficient (Wildman–Crippen LogP) is 1.02. The van der Waals surface area contributed by atoms with Crippen LogP contribution in [0.3, 0.4) is 0 Å². The monoisotopic (exact) mass is 385 g/mol. The van der Waals surface area contributed by atoms with E-state index in [-0.39, 0.29) is 11.5 Å². The van der Waals surface area contributed by atoms with Crippen molar-refractivity contribution in [3.63, 3.8) is 0 Å². The maximum absolute atomic E-state index is 12.8. The lowest BCUT2D eigenvalue weighted by molar-refractivity contribution is 0.0931. The molecule has 148 valence electrons. The summed E-state index contributed by atoms with van der Waals surface area (Å²) in [5, 5.41) is 8.84. The first-order chi connectivity index (χ1) is 13.7. The molecule has 2 aliphatic heterocycles. The smallest absolute Gasteiger partial charge is 0.259 e. The summed E-state index contributed by atoms with van der Waals surface area (Å²) < 4.78 is 11.1. The highest BCUT2D eigenvalue weighted by molar-refractivity contribution is 6.13. The van der Waals surface area contributed by atoms with Crippen molar-refractivity contribution in [1.29, 1.82) is 0 Å². The zero-order chi connectivity index (χ0) is 19.5. The first-order valence-corrected chi connectivity index (χ1v) is 9.46. The van der Waals surface area contributed by atoms with Crippen molar-refractivity contribution in [3.8, 4) is 5.88 Å². The van der Waals surface area contributed by atoms with Crippen LogP contribution in [0.2, 0.25) is 0 Å². The standard InChI is InChI=1S/C19H23N5O4/c1-2-27-19-13(3-4-15(23-19)24-9-7-20-8-10-24)22-17(25)12-11-28-14-5-6-21-18(26)16(12)14/h3-4,11,20H,2,5-10H2,1H3,(H,21,26)(H,22,25). The number of piperazine rings is 1. The first kappa shape index (κ1) is 18.3. The van der Waals surface area contributed by atoms with Crippen LogP contribution in [0.1, 0.15) is 33.4 Å². The third-order valence-corrected chi connectivity index (χ3v) is 4.79. The summed E-state index contributed by atoms with van der Waals surface area (Å²) in [5.74, 6) is 0.972. The molecule has 0 atom stereocenters. The van der Waals surface area contributed by atoms with Gasteiger partial charge >= 0.3 is 0 Å². The summed E-state index contributed by atoms with van der Waals surface area (Å²) in [6.07, 6.45) is 1.90. The first-order valence-electron chi connectivity index (χ1n) is 9.46. The Balaban J connectivity index is 1.58. The number of hydrogen-bond acceptors (Lipinski definition) is 7. The number of rotatable bonds is 5. The van der Waals surface area contributed by atoms with E-state index < -0.39 is 5.91 Å². The quantitative estimate of drug-likeness (QED) is 0.705. The fraction of sp³-hybridized carbons (Fsp3) is 0.421. The second kappa shape index (κ2) is 7.89. The van der Waals surface area contributed by atoms with Crippen LogP contribution in [0.4, 0.5) is 11.5 Å². The van der Waals surface area contributed by atoms with Gasteiger partial charge in [-0.25, -0.2) is 0 Å². The summed E-state index contributed by atoms with van der Waals surface area (Å²) in [6, 6.07) is 3.64. The minimum atomic E-state index is -0.431. The molecule has 0 saturated carbocycles. The van der Waals surface area contributed by atoms with Crippen molar-refractivity contribution >= 4 is 23.3 Å². The van der Waals surface area contributed by atoms with Crippen LogP contribution in [-0.2, 0) is 6.42 Å². The van der Waals surface area contributed by atoms with E-state index >= 15 is 0 Å². The van der Waals surface area contributed by atoms with Gasteiger partial charge in [-0.2, -0.15) is 4.98 Å². The molecule has 2 aliphatic rings. The number of aromatic nitrogens is 1. The highest BCUT2D eigenvalue weighted by atomic mass is 16.5. The van der Waals surface area contributed by atoms with Gasteiger partial charge in [-0.15, -0.1) is 0 Å². The zero-order valence-corrected chi connectivity index (χ0v) is 15.7. The second-order valence-corrected chi connectivity index (χ2v) is 6.60. The summed E-state index contributed by atoms with van der Waals surface area (Å²) in [4.78, 5) is 31.6. The maximum Gasteiger partial charge on any atom is 0.259 e. The van der Waals surface area contributed by atoms with Crippen LogP contribution < -0.4 is 25.6 Å². The summed E-state index contributed by atoms with van der Waals surface area (Å²) in [6.45, 7) is 6.31. The highest BCUT2D eigenvalue weighted by Gasteiger charge is 2.28. The lowest BCUT2D eigenvalue weighted by Gasteiger charge is -2.28. The molecule has 3 N–H and O–H groups in total. The van der Waals surface area contributed by atoms with Crippen LogP contribution in [0.25, 0.3) is 0 Å². The molecule has 0 aliphatic carbocycles. The lowest BCUT2D eigenvalue weighted by Crippen LogP contribution is -2.43. The molecule has 1 fully saturated rings. The minimum absolute atomic E-state index is 0.209.